The predicted molar refractivity (Wildman–Crippen MR) is 41.2 cm³/mol. The fourth-order valence-corrected chi connectivity index (χ4v) is 1.07. The maximum absolute atomic E-state index is 5.28. The third kappa shape index (κ3) is 2.64. The molecule has 3 heteroatoms. The number of hydrogen-bond acceptors (Lipinski definition) is 3. The van der Waals surface area contributed by atoms with Crippen LogP contribution in [0.2, 0.25) is 0 Å². The summed E-state index contributed by atoms with van der Waals surface area (Å²) in [5, 5.41) is 6.64. The summed E-state index contributed by atoms with van der Waals surface area (Å²) in [4.78, 5) is 0. The predicted octanol–water partition coefficient (Wildman–Crippen LogP) is -0.416. The van der Waals surface area contributed by atoms with Crippen LogP contribution in [0, 0.1) is 0 Å². The standard InChI is InChI=1S/C7H16N2O/c1-2-8-5-7-6-10-4-3-9-7/h7-9H,2-6H2,1H3/t7-/m0/s1. The highest BCUT2D eigenvalue weighted by Gasteiger charge is 2.10. The van der Waals surface area contributed by atoms with Crippen molar-refractivity contribution in [3.63, 3.8) is 0 Å². The van der Waals surface area contributed by atoms with Gasteiger partial charge in [-0.2, -0.15) is 0 Å². The molecule has 0 aliphatic carbocycles. The Balaban J connectivity index is 2.02. The number of rotatable bonds is 3. The SMILES string of the molecule is CCNC[C@H]1COCCN1. The fourth-order valence-electron chi connectivity index (χ4n) is 1.07. The van der Waals surface area contributed by atoms with Gasteiger partial charge >= 0.3 is 0 Å². The van der Waals surface area contributed by atoms with E-state index in [9.17, 15) is 0 Å². The molecule has 0 spiro atoms. The summed E-state index contributed by atoms with van der Waals surface area (Å²) in [6, 6.07) is 0.522. The van der Waals surface area contributed by atoms with Crippen molar-refractivity contribution in [2.75, 3.05) is 32.8 Å². The quantitative estimate of drug-likeness (QED) is 0.564. The van der Waals surface area contributed by atoms with Crippen LogP contribution < -0.4 is 10.6 Å². The molecule has 0 amide bonds. The van der Waals surface area contributed by atoms with Crippen molar-refractivity contribution in [1.29, 1.82) is 0 Å². The number of hydrogen-bond donors (Lipinski definition) is 2. The van der Waals surface area contributed by atoms with E-state index in [1.165, 1.54) is 0 Å². The summed E-state index contributed by atoms with van der Waals surface area (Å²) in [5.74, 6) is 0. The molecule has 0 radical (unpaired) electrons. The van der Waals surface area contributed by atoms with Crippen LogP contribution in [-0.2, 0) is 4.74 Å². The van der Waals surface area contributed by atoms with Crippen LogP contribution in [0.25, 0.3) is 0 Å². The lowest BCUT2D eigenvalue weighted by molar-refractivity contribution is 0.0769. The lowest BCUT2D eigenvalue weighted by Crippen LogP contribution is -2.47. The van der Waals surface area contributed by atoms with E-state index >= 15 is 0 Å². The summed E-state index contributed by atoms with van der Waals surface area (Å²) in [5.41, 5.74) is 0. The molecule has 0 unspecified atom stereocenters. The van der Waals surface area contributed by atoms with Gasteiger partial charge in [0.1, 0.15) is 0 Å². The zero-order chi connectivity index (χ0) is 7.23. The third-order valence-electron chi connectivity index (χ3n) is 1.64. The maximum Gasteiger partial charge on any atom is 0.0632 e. The topological polar surface area (TPSA) is 33.3 Å². The van der Waals surface area contributed by atoms with E-state index in [0.717, 1.165) is 32.8 Å². The summed E-state index contributed by atoms with van der Waals surface area (Å²) < 4.78 is 5.28. The molecule has 0 aromatic rings. The van der Waals surface area contributed by atoms with Gasteiger partial charge in [-0.05, 0) is 6.54 Å². The number of likely N-dealkylation sites (N-methyl/N-ethyl adjacent to an activating group) is 1. The summed E-state index contributed by atoms with van der Waals surface area (Å²) >= 11 is 0. The molecule has 1 aliphatic heterocycles. The Hall–Kier alpha value is -0.120. The van der Waals surface area contributed by atoms with Crippen molar-refractivity contribution in [3.8, 4) is 0 Å². The molecule has 1 aliphatic rings. The van der Waals surface area contributed by atoms with E-state index < -0.39 is 0 Å². The molecule has 2 N–H and O–H groups in total. The molecule has 1 heterocycles. The van der Waals surface area contributed by atoms with Gasteiger partial charge in [0.15, 0.2) is 0 Å². The molecule has 1 fully saturated rings. The first-order valence-corrected chi connectivity index (χ1v) is 3.95. The van der Waals surface area contributed by atoms with Crippen molar-refractivity contribution in [1.82, 2.24) is 10.6 Å². The van der Waals surface area contributed by atoms with Crippen LogP contribution in [-0.4, -0.2) is 38.9 Å². The molecular weight excluding hydrogens is 128 g/mol. The Morgan fingerprint density at radius 3 is 3.20 bits per heavy atom. The van der Waals surface area contributed by atoms with E-state index in [-0.39, 0.29) is 0 Å². The zero-order valence-electron chi connectivity index (χ0n) is 6.52. The second-order valence-corrected chi connectivity index (χ2v) is 2.53. The number of morpholine rings is 1. The summed E-state index contributed by atoms with van der Waals surface area (Å²) in [7, 11) is 0. The van der Waals surface area contributed by atoms with Crippen LogP contribution in [0.3, 0.4) is 0 Å². The highest BCUT2D eigenvalue weighted by molar-refractivity contribution is 4.71. The van der Waals surface area contributed by atoms with Gasteiger partial charge in [0, 0.05) is 19.1 Å². The van der Waals surface area contributed by atoms with Crippen molar-refractivity contribution in [2.45, 2.75) is 13.0 Å². The minimum atomic E-state index is 0.522. The molecule has 3 nitrogen and oxygen atoms in total. The maximum atomic E-state index is 5.28. The Bertz CT molecular complexity index is 81.7. The van der Waals surface area contributed by atoms with E-state index in [1.54, 1.807) is 0 Å². The molecule has 60 valence electrons. The number of ether oxygens (including phenoxy) is 1. The molecule has 10 heavy (non-hydrogen) atoms. The van der Waals surface area contributed by atoms with Crippen molar-refractivity contribution < 1.29 is 4.74 Å². The molecule has 0 bridgehead atoms. The average Bonchev–Trinajstić information content (AvgIpc) is 2.03. The zero-order valence-corrected chi connectivity index (χ0v) is 6.52. The van der Waals surface area contributed by atoms with Crippen molar-refractivity contribution in [2.24, 2.45) is 0 Å². The van der Waals surface area contributed by atoms with Gasteiger partial charge in [-0.25, -0.2) is 0 Å². The Morgan fingerprint density at radius 1 is 1.70 bits per heavy atom. The largest absolute Gasteiger partial charge is 0.378 e. The molecule has 0 aromatic carbocycles. The van der Waals surface area contributed by atoms with E-state index in [2.05, 4.69) is 17.6 Å². The monoisotopic (exact) mass is 144 g/mol. The molecule has 1 saturated heterocycles. The number of nitrogens with one attached hydrogen (secondary N) is 2. The smallest absolute Gasteiger partial charge is 0.0632 e. The second-order valence-electron chi connectivity index (χ2n) is 2.53. The molecule has 0 aromatic heterocycles. The van der Waals surface area contributed by atoms with E-state index in [4.69, 9.17) is 4.74 Å². The van der Waals surface area contributed by atoms with E-state index in [1.807, 2.05) is 0 Å². The third-order valence-corrected chi connectivity index (χ3v) is 1.64. The fraction of sp³-hybridized carbons (Fsp3) is 1.00. The van der Waals surface area contributed by atoms with Gasteiger partial charge < -0.3 is 15.4 Å². The molecule has 0 saturated carbocycles. The van der Waals surface area contributed by atoms with Gasteiger partial charge in [0.2, 0.25) is 0 Å². The normalized spacial score (nSPS) is 26.7. The van der Waals surface area contributed by atoms with Crippen LogP contribution in [0.5, 0.6) is 0 Å². The Morgan fingerprint density at radius 2 is 2.60 bits per heavy atom. The Labute approximate surface area is 62.1 Å². The first kappa shape index (κ1) is 7.98. The van der Waals surface area contributed by atoms with Gasteiger partial charge in [-0.1, -0.05) is 6.92 Å². The lowest BCUT2D eigenvalue weighted by atomic mass is 10.3. The Kier molecular flexibility index (Phi) is 3.72. The minimum absolute atomic E-state index is 0.522. The van der Waals surface area contributed by atoms with Gasteiger partial charge in [-0.3, -0.25) is 0 Å². The van der Waals surface area contributed by atoms with E-state index in [0.29, 0.717) is 6.04 Å². The summed E-state index contributed by atoms with van der Waals surface area (Å²) in [6.07, 6.45) is 0. The highest BCUT2D eigenvalue weighted by atomic mass is 16.5. The van der Waals surface area contributed by atoms with Crippen LogP contribution in [0.15, 0.2) is 0 Å². The first-order valence-electron chi connectivity index (χ1n) is 3.95. The highest BCUT2D eigenvalue weighted by Crippen LogP contribution is 1.90. The van der Waals surface area contributed by atoms with Crippen LogP contribution >= 0.6 is 0 Å². The summed E-state index contributed by atoms with van der Waals surface area (Å²) in [6.45, 7) is 6.89. The van der Waals surface area contributed by atoms with Gasteiger partial charge in [0.05, 0.1) is 13.2 Å². The van der Waals surface area contributed by atoms with Crippen molar-refractivity contribution in [3.05, 3.63) is 0 Å². The van der Waals surface area contributed by atoms with Crippen LogP contribution in [0.4, 0.5) is 0 Å². The molecule has 1 rings (SSSR count). The lowest BCUT2D eigenvalue weighted by Gasteiger charge is -2.23. The second kappa shape index (κ2) is 4.66. The van der Waals surface area contributed by atoms with Gasteiger partial charge in [-0.15, -0.1) is 0 Å². The molecular formula is C7H16N2O. The minimum Gasteiger partial charge on any atom is -0.378 e. The van der Waals surface area contributed by atoms with Crippen molar-refractivity contribution >= 4 is 0 Å². The first-order chi connectivity index (χ1) is 4.93. The average molecular weight is 144 g/mol. The molecule has 1 atom stereocenters. The van der Waals surface area contributed by atoms with Crippen LogP contribution in [0.1, 0.15) is 6.92 Å². The van der Waals surface area contributed by atoms with Gasteiger partial charge in [0.25, 0.3) is 0 Å².